The number of nitrogens with zero attached hydrogens (tertiary/aromatic N) is 1. The third-order valence-corrected chi connectivity index (χ3v) is 6.18. The van der Waals surface area contributed by atoms with Gasteiger partial charge in [-0.3, -0.25) is 4.79 Å². The number of piperidine rings is 1. The van der Waals surface area contributed by atoms with Gasteiger partial charge in [0, 0.05) is 31.5 Å². The SMILES string of the molecule is C=C.CC(=O)CCCN1CCC(NC(=O)C(O)(c2ccccc2)C2CCC2)CC1. The number of nitrogens with one attached hydrogen (secondary N) is 1. The lowest BCUT2D eigenvalue weighted by atomic mass is 9.69. The molecule has 0 aromatic heterocycles. The normalized spacial score (nSPS) is 19.9. The average molecular weight is 401 g/mol. The number of carbonyl (C=O) groups excluding carboxylic acids is 2. The maximum atomic E-state index is 13.1. The lowest BCUT2D eigenvalue weighted by Gasteiger charge is -2.42. The molecule has 1 saturated carbocycles. The Labute approximate surface area is 175 Å². The van der Waals surface area contributed by atoms with Crippen LogP contribution in [0.15, 0.2) is 43.5 Å². The van der Waals surface area contributed by atoms with Crippen molar-refractivity contribution in [1.29, 1.82) is 0 Å². The molecule has 0 bridgehead atoms. The molecule has 5 nitrogen and oxygen atoms in total. The van der Waals surface area contributed by atoms with Crippen molar-refractivity contribution >= 4 is 11.7 Å². The van der Waals surface area contributed by atoms with Crippen molar-refractivity contribution in [2.75, 3.05) is 19.6 Å². The standard InChI is InChI=1S/C22H32N2O3.C2H4/c1-17(25)7-6-14-24-15-12-20(13-16-24)23-21(26)22(27,19-10-5-11-19)18-8-3-2-4-9-18;1-2/h2-4,8-9,19-20,27H,5-7,10-16H2,1H3,(H,23,26);1-2H2. The van der Waals surface area contributed by atoms with Crippen LogP contribution in [-0.4, -0.2) is 47.4 Å². The highest BCUT2D eigenvalue weighted by atomic mass is 16.3. The number of aliphatic hydroxyl groups is 1. The van der Waals surface area contributed by atoms with Gasteiger partial charge in [0.1, 0.15) is 5.78 Å². The van der Waals surface area contributed by atoms with Crippen LogP contribution >= 0.6 is 0 Å². The van der Waals surface area contributed by atoms with Gasteiger partial charge in [-0.15, -0.1) is 13.2 Å². The molecule has 1 aromatic rings. The van der Waals surface area contributed by atoms with Crippen molar-refractivity contribution in [3.05, 3.63) is 49.1 Å². The van der Waals surface area contributed by atoms with E-state index >= 15 is 0 Å². The molecular formula is C24H36N2O3. The summed E-state index contributed by atoms with van der Waals surface area (Å²) in [6.07, 6.45) is 6.19. The van der Waals surface area contributed by atoms with Crippen LogP contribution in [0.25, 0.3) is 0 Å². The first kappa shape index (κ1) is 23.3. The highest BCUT2D eigenvalue weighted by Gasteiger charge is 2.48. The largest absolute Gasteiger partial charge is 0.375 e. The van der Waals surface area contributed by atoms with Gasteiger partial charge in [-0.2, -0.15) is 0 Å². The van der Waals surface area contributed by atoms with Crippen LogP contribution < -0.4 is 5.32 Å². The highest BCUT2D eigenvalue weighted by molar-refractivity contribution is 5.87. The molecule has 1 saturated heterocycles. The minimum absolute atomic E-state index is 0.00608. The Morgan fingerprint density at radius 3 is 2.28 bits per heavy atom. The zero-order valence-electron chi connectivity index (χ0n) is 17.7. The predicted octanol–water partition coefficient (Wildman–Crippen LogP) is 3.43. The van der Waals surface area contributed by atoms with E-state index in [0.717, 1.165) is 58.2 Å². The Bertz CT molecular complexity index is 651. The monoisotopic (exact) mass is 400 g/mol. The second-order valence-corrected chi connectivity index (χ2v) is 8.16. The molecule has 2 N–H and O–H groups in total. The number of benzene rings is 1. The van der Waals surface area contributed by atoms with E-state index in [0.29, 0.717) is 12.0 Å². The zero-order chi connectivity index (χ0) is 21.3. The highest BCUT2D eigenvalue weighted by Crippen LogP contribution is 2.42. The summed E-state index contributed by atoms with van der Waals surface area (Å²) in [4.78, 5) is 26.5. The molecule has 1 atom stereocenters. The zero-order valence-corrected chi connectivity index (χ0v) is 17.7. The number of Topliss-reactive ketones (excluding diaryl/α,β-unsaturated/α-hetero) is 1. The average Bonchev–Trinajstić information content (AvgIpc) is 2.70. The topological polar surface area (TPSA) is 69.6 Å². The fourth-order valence-electron chi connectivity index (χ4n) is 4.22. The number of hydrogen-bond acceptors (Lipinski definition) is 4. The lowest BCUT2D eigenvalue weighted by molar-refractivity contribution is -0.153. The Morgan fingerprint density at radius 2 is 1.76 bits per heavy atom. The molecule has 1 aromatic carbocycles. The van der Waals surface area contributed by atoms with Crippen LogP contribution in [0, 0.1) is 5.92 Å². The molecule has 1 heterocycles. The van der Waals surface area contributed by atoms with Gasteiger partial charge >= 0.3 is 0 Å². The third kappa shape index (κ3) is 6.00. The van der Waals surface area contributed by atoms with Crippen molar-refractivity contribution in [3.63, 3.8) is 0 Å². The molecule has 2 aliphatic rings. The Kier molecular flexibility index (Phi) is 9.05. The van der Waals surface area contributed by atoms with E-state index in [1.165, 1.54) is 0 Å². The van der Waals surface area contributed by atoms with Crippen molar-refractivity contribution in [2.45, 2.75) is 63.5 Å². The molecule has 0 radical (unpaired) electrons. The molecule has 1 unspecified atom stereocenters. The van der Waals surface area contributed by atoms with Gasteiger partial charge in [0.25, 0.3) is 5.91 Å². The van der Waals surface area contributed by atoms with Gasteiger partial charge in [0.15, 0.2) is 5.60 Å². The molecule has 1 amide bonds. The fraction of sp³-hybridized carbons (Fsp3) is 0.583. The maximum absolute atomic E-state index is 13.1. The summed E-state index contributed by atoms with van der Waals surface area (Å²) in [6, 6.07) is 9.49. The minimum atomic E-state index is -1.42. The first-order valence-electron chi connectivity index (χ1n) is 10.8. The summed E-state index contributed by atoms with van der Waals surface area (Å²) in [5.74, 6) is 0.00772. The van der Waals surface area contributed by atoms with Gasteiger partial charge in [0.05, 0.1) is 0 Å². The summed E-state index contributed by atoms with van der Waals surface area (Å²) in [5.41, 5.74) is -0.716. The van der Waals surface area contributed by atoms with Crippen molar-refractivity contribution < 1.29 is 14.7 Å². The van der Waals surface area contributed by atoms with Gasteiger partial charge in [-0.25, -0.2) is 0 Å². The van der Waals surface area contributed by atoms with Crippen molar-refractivity contribution in [2.24, 2.45) is 5.92 Å². The minimum Gasteiger partial charge on any atom is -0.375 e. The van der Waals surface area contributed by atoms with E-state index in [2.05, 4.69) is 23.4 Å². The predicted molar refractivity (Wildman–Crippen MR) is 116 cm³/mol. The first-order chi connectivity index (χ1) is 14.0. The van der Waals surface area contributed by atoms with E-state index in [9.17, 15) is 14.7 Å². The van der Waals surface area contributed by atoms with Crippen molar-refractivity contribution in [1.82, 2.24) is 10.2 Å². The van der Waals surface area contributed by atoms with E-state index in [-0.39, 0.29) is 23.7 Å². The van der Waals surface area contributed by atoms with Gasteiger partial charge in [-0.05, 0) is 51.1 Å². The van der Waals surface area contributed by atoms with Crippen LogP contribution in [0.3, 0.4) is 0 Å². The molecule has 1 aliphatic heterocycles. The molecular weight excluding hydrogens is 364 g/mol. The second kappa shape index (κ2) is 11.3. The number of ketones is 1. The summed E-state index contributed by atoms with van der Waals surface area (Å²) in [6.45, 7) is 10.4. The Morgan fingerprint density at radius 1 is 1.14 bits per heavy atom. The van der Waals surface area contributed by atoms with Crippen LogP contribution in [0.5, 0.6) is 0 Å². The summed E-state index contributed by atoms with van der Waals surface area (Å²) in [7, 11) is 0. The van der Waals surface area contributed by atoms with E-state index in [1.54, 1.807) is 6.92 Å². The maximum Gasteiger partial charge on any atom is 0.257 e. The first-order valence-corrected chi connectivity index (χ1v) is 10.8. The molecule has 5 heteroatoms. The number of hydrogen-bond donors (Lipinski definition) is 2. The van der Waals surface area contributed by atoms with Gasteiger partial charge in [-0.1, -0.05) is 36.8 Å². The van der Waals surface area contributed by atoms with E-state index in [4.69, 9.17) is 0 Å². The van der Waals surface area contributed by atoms with E-state index in [1.807, 2.05) is 30.3 Å². The Balaban J connectivity index is 0.00000145. The molecule has 0 spiro atoms. The van der Waals surface area contributed by atoms with Crippen LogP contribution in [0.2, 0.25) is 0 Å². The quantitative estimate of drug-likeness (QED) is 0.656. The Hall–Kier alpha value is -1.98. The second-order valence-electron chi connectivity index (χ2n) is 8.16. The number of amides is 1. The molecule has 2 fully saturated rings. The summed E-state index contributed by atoms with van der Waals surface area (Å²) >= 11 is 0. The number of rotatable bonds is 8. The smallest absolute Gasteiger partial charge is 0.257 e. The fourth-order valence-corrected chi connectivity index (χ4v) is 4.22. The van der Waals surface area contributed by atoms with Crippen molar-refractivity contribution in [3.8, 4) is 0 Å². The van der Waals surface area contributed by atoms with Gasteiger partial charge in [0.2, 0.25) is 0 Å². The van der Waals surface area contributed by atoms with Crippen LogP contribution in [0.4, 0.5) is 0 Å². The summed E-state index contributed by atoms with van der Waals surface area (Å²) < 4.78 is 0. The molecule has 3 rings (SSSR count). The molecule has 1 aliphatic carbocycles. The lowest BCUT2D eigenvalue weighted by Crippen LogP contribution is -2.55. The number of likely N-dealkylation sites (tertiary alicyclic amines) is 1. The van der Waals surface area contributed by atoms with Crippen LogP contribution in [0.1, 0.15) is 57.4 Å². The van der Waals surface area contributed by atoms with E-state index < -0.39 is 5.60 Å². The summed E-state index contributed by atoms with van der Waals surface area (Å²) in [5, 5.41) is 14.5. The van der Waals surface area contributed by atoms with Gasteiger partial charge < -0.3 is 20.1 Å². The van der Waals surface area contributed by atoms with Crippen LogP contribution in [-0.2, 0) is 15.2 Å². The number of carbonyl (C=O) groups is 2. The molecule has 160 valence electrons. The third-order valence-electron chi connectivity index (χ3n) is 6.18. The molecule has 29 heavy (non-hydrogen) atoms.